The van der Waals surface area contributed by atoms with Crippen molar-refractivity contribution in [2.75, 3.05) is 6.54 Å². The van der Waals surface area contributed by atoms with Crippen molar-refractivity contribution < 1.29 is 9.59 Å². The van der Waals surface area contributed by atoms with Gasteiger partial charge in [-0.15, -0.1) is 22.9 Å². The van der Waals surface area contributed by atoms with E-state index in [-0.39, 0.29) is 18.2 Å². The molecule has 0 bridgehead atoms. The highest BCUT2D eigenvalue weighted by atomic mass is 35.5. The molecule has 5 nitrogen and oxygen atoms in total. The summed E-state index contributed by atoms with van der Waals surface area (Å²) in [6.45, 7) is 0.366. The Hall–Kier alpha value is -1.14. The number of nitrogens with zero attached hydrogens (tertiary/aromatic N) is 1. The van der Waals surface area contributed by atoms with Crippen LogP contribution in [-0.4, -0.2) is 29.4 Å². The Bertz CT molecular complexity index is 460. The molecular weight excluding hydrogens is 286 g/mol. The molecular formula is C12H16ClN3O2S. The summed E-state index contributed by atoms with van der Waals surface area (Å²) >= 11 is 7.06. The number of halogens is 1. The van der Waals surface area contributed by atoms with Gasteiger partial charge in [0.25, 0.3) is 0 Å². The fourth-order valence-electron chi connectivity index (χ4n) is 1.53. The summed E-state index contributed by atoms with van der Waals surface area (Å²) in [5.41, 5.74) is 0.790. The highest BCUT2D eigenvalue weighted by molar-refractivity contribution is 7.09. The largest absolute Gasteiger partial charge is 0.355 e. The highest BCUT2D eigenvalue weighted by Gasteiger charge is 2.22. The quantitative estimate of drug-likeness (QED) is 0.744. The summed E-state index contributed by atoms with van der Waals surface area (Å²) in [4.78, 5) is 27.2. The van der Waals surface area contributed by atoms with E-state index < -0.39 is 0 Å². The highest BCUT2D eigenvalue weighted by Crippen LogP contribution is 2.18. The zero-order chi connectivity index (χ0) is 13.7. The van der Waals surface area contributed by atoms with E-state index in [1.165, 1.54) is 11.3 Å². The third-order valence-corrected chi connectivity index (χ3v) is 3.84. The van der Waals surface area contributed by atoms with Crippen molar-refractivity contribution in [3.8, 4) is 0 Å². The first kappa shape index (κ1) is 14.3. The van der Waals surface area contributed by atoms with Crippen LogP contribution in [0.3, 0.4) is 0 Å². The first-order chi connectivity index (χ1) is 9.17. The number of alkyl halides is 1. The number of hydrogen-bond acceptors (Lipinski definition) is 4. The third kappa shape index (κ3) is 5.16. The van der Waals surface area contributed by atoms with Gasteiger partial charge in [0.15, 0.2) is 0 Å². The maximum atomic E-state index is 11.6. The molecule has 0 unspecified atom stereocenters. The minimum absolute atomic E-state index is 0.00137. The Morgan fingerprint density at radius 3 is 2.84 bits per heavy atom. The van der Waals surface area contributed by atoms with Crippen molar-refractivity contribution in [1.29, 1.82) is 0 Å². The second-order valence-electron chi connectivity index (χ2n) is 4.48. The molecule has 7 heteroatoms. The lowest BCUT2D eigenvalue weighted by Crippen LogP contribution is -2.32. The summed E-state index contributed by atoms with van der Waals surface area (Å²) in [5, 5.41) is 8.18. The van der Waals surface area contributed by atoms with Crippen LogP contribution < -0.4 is 10.6 Å². The molecule has 1 heterocycles. The number of nitrogens with one attached hydrogen (secondary N) is 2. The fraction of sp³-hybridized carbons (Fsp3) is 0.583. The topological polar surface area (TPSA) is 71.1 Å². The van der Waals surface area contributed by atoms with Gasteiger partial charge >= 0.3 is 0 Å². The van der Waals surface area contributed by atoms with Crippen molar-refractivity contribution in [3.05, 3.63) is 16.1 Å². The molecule has 0 radical (unpaired) electrons. The van der Waals surface area contributed by atoms with E-state index in [0.29, 0.717) is 24.9 Å². The van der Waals surface area contributed by atoms with Gasteiger partial charge in [0.2, 0.25) is 11.8 Å². The maximum absolute atomic E-state index is 11.6. The molecule has 19 heavy (non-hydrogen) atoms. The molecule has 1 aliphatic rings. The fourth-order valence-corrected chi connectivity index (χ4v) is 2.56. The number of amides is 2. The first-order valence-electron chi connectivity index (χ1n) is 6.22. The molecule has 1 saturated carbocycles. The van der Waals surface area contributed by atoms with E-state index in [4.69, 9.17) is 11.6 Å². The van der Waals surface area contributed by atoms with Crippen molar-refractivity contribution >= 4 is 34.8 Å². The number of carbonyl (C=O) groups is 2. The third-order valence-electron chi connectivity index (χ3n) is 2.66. The Kier molecular flexibility index (Phi) is 5.15. The molecule has 1 aromatic heterocycles. The van der Waals surface area contributed by atoms with Crippen LogP contribution in [0.4, 0.5) is 0 Å². The van der Waals surface area contributed by atoms with Crippen LogP contribution in [0, 0.1) is 0 Å². The van der Waals surface area contributed by atoms with Gasteiger partial charge in [-0.05, 0) is 12.8 Å². The molecule has 0 spiro atoms. The van der Waals surface area contributed by atoms with Crippen LogP contribution in [0.1, 0.15) is 30.0 Å². The van der Waals surface area contributed by atoms with Gasteiger partial charge in [-0.25, -0.2) is 4.98 Å². The first-order valence-corrected chi connectivity index (χ1v) is 7.64. The number of carbonyl (C=O) groups excluding carboxylic acids is 2. The van der Waals surface area contributed by atoms with E-state index in [2.05, 4.69) is 15.6 Å². The Balaban J connectivity index is 1.62. The smallest absolute Gasteiger partial charge is 0.226 e. The van der Waals surface area contributed by atoms with Crippen LogP contribution in [-0.2, 0) is 21.9 Å². The molecule has 0 aromatic carbocycles. The van der Waals surface area contributed by atoms with Crippen LogP contribution in [0.25, 0.3) is 0 Å². The van der Waals surface area contributed by atoms with Gasteiger partial charge in [-0.3, -0.25) is 9.59 Å². The molecule has 104 valence electrons. The van der Waals surface area contributed by atoms with E-state index in [9.17, 15) is 9.59 Å². The lowest BCUT2D eigenvalue weighted by molar-refractivity contribution is -0.122. The minimum atomic E-state index is -0.116. The van der Waals surface area contributed by atoms with Crippen molar-refractivity contribution in [2.45, 2.75) is 37.6 Å². The average Bonchev–Trinajstić information content (AvgIpc) is 3.06. The molecule has 2 rings (SSSR count). The van der Waals surface area contributed by atoms with Gasteiger partial charge in [0, 0.05) is 24.4 Å². The number of hydrogen-bond donors (Lipinski definition) is 2. The maximum Gasteiger partial charge on any atom is 0.226 e. The van der Waals surface area contributed by atoms with Gasteiger partial charge in [0.05, 0.1) is 18.0 Å². The summed E-state index contributed by atoms with van der Waals surface area (Å²) in [7, 11) is 0. The zero-order valence-corrected chi connectivity index (χ0v) is 12.0. The van der Waals surface area contributed by atoms with E-state index in [0.717, 1.165) is 23.5 Å². The monoisotopic (exact) mass is 301 g/mol. The van der Waals surface area contributed by atoms with Gasteiger partial charge in [-0.1, -0.05) is 0 Å². The van der Waals surface area contributed by atoms with Crippen molar-refractivity contribution in [2.24, 2.45) is 0 Å². The van der Waals surface area contributed by atoms with Gasteiger partial charge < -0.3 is 10.6 Å². The van der Waals surface area contributed by atoms with Crippen molar-refractivity contribution in [3.63, 3.8) is 0 Å². The molecule has 1 fully saturated rings. The van der Waals surface area contributed by atoms with Crippen molar-refractivity contribution in [1.82, 2.24) is 15.6 Å². The summed E-state index contributed by atoms with van der Waals surface area (Å²) in [6.07, 6.45) is 2.72. The summed E-state index contributed by atoms with van der Waals surface area (Å²) < 4.78 is 0. The van der Waals surface area contributed by atoms with E-state index >= 15 is 0 Å². The lowest BCUT2D eigenvalue weighted by Gasteiger charge is -2.04. The summed E-state index contributed by atoms with van der Waals surface area (Å²) in [6, 6.07) is 0.368. The molecule has 2 N–H and O–H groups in total. The Labute approximate surface area is 120 Å². The molecule has 1 aliphatic carbocycles. The van der Waals surface area contributed by atoms with E-state index in [1.807, 2.05) is 5.38 Å². The second kappa shape index (κ2) is 6.86. The molecule has 0 aliphatic heterocycles. The minimum Gasteiger partial charge on any atom is -0.355 e. The van der Waals surface area contributed by atoms with Crippen LogP contribution in [0.2, 0.25) is 0 Å². The Morgan fingerprint density at radius 1 is 1.42 bits per heavy atom. The SMILES string of the molecule is O=C(Cc1nc(CCl)cs1)NCCC(=O)NC1CC1. The molecule has 0 atom stereocenters. The number of aromatic nitrogens is 1. The normalized spacial score (nSPS) is 14.2. The number of rotatable bonds is 7. The zero-order valence-electron chi connectivity index (χ0n) is 10.4. The number of thiazole rings is 1. The summed E-state index contributed by atoms with van der Waals surface area (Å²) in [5.74, 6) is 0.246. The van der Waals surface area contributed by atoms with Crippen LogP contribution in [0.5, 0.6) is 0 Å². The van der Waals surface area contributed by atoms with Gasteiger partial charge in [0.1, 0.15) is 5.01 Å². The van der Waals surface area contributed by atoms with Crippen LogP contribution >= 0.6 is 22.9 Å². The van der Waals surface area contributed by atoms with Crippen LogP contribution in [0.15, 0.2) is 5.38 Å². The molecule has 0 saturated heterocycles. The Morgan fingerprint density at radius 2 is 2.21 bits per heavy atom. The predicted molar refractivity (Wildman–Crippen MR) is 74.2 cm³/mol. The standard InChI is InChI=1S/C12H16ClN3O2S/c13-6-9-7-19-12(16-9)5-11(18)14-4-3-10(17)15-8-1-2-8/h7-8H,1-6H2,(H,14,18)(H,15,17). The van der Waals surface area contributed by atoms with E-state index in [1.54, 1.807) is 0 Å². The predicted octanol–water partition coefficient (Wildman–Crippen LogP) is 1.21. The molecule has 2 amide bonds. The average molecular weight is 302 g/mol. The molecule has 1 aromatic rings. The lowest BCUT2D eigenvalue weighted by atomic mass is 10.3. The van der Waals surface area contributed by atoms with Gasteiger partial charge in [-0.2, -0.15) is 0 Å². The second-order valence-corrected chi connectivity index (χ2v) is 5.69.